The molecule has 2 rings (SSSR count). The van der Waals surface area contributed by atoms with E-state index in [0.717, 1.165) is 5.56 Å². The lowest BCUT2D eigenvalue weighted by atomic mass is 10.0. The Labute approximate surface area is 110 Å². The molecule has 0 aliphatic heterocycles. The highest BCUT2D eigenvalue weighted by atomic mass is 35.5. The van der Waals surface area contributed by atoms with Crippen molar-refractivity contribution in [2.45, 2.75) is 5.38 Å². The Kier molecular flexibility index (Phi) is 3.95. The summed E-state index contributed by atoms with van der Waals surface area (Å²) < 4.78 is 0. The average molecular weight is 261 g/mol. The molecule has 1 atom stereocenters. The Balaban J connectivity index is 2.22. The third kappa shape index (κ3) is 2.87. The van der Waals surface area contributed by atoms with Crippen molar-refractivity contribution in [2.75, 3.05) is 0 Å². The minimum atomic E-state index is -0.402. The summed E-state index contributed by atoms with van der Waals surface area (Å²) >= 11 is 6.24. The van der Waals surface area contributed by atoms with Gasteiger partial charge in [-0.3, -0.25) is 10.1 Å². The summed E-state index contributed by atoms with van der Waals surface area (Å²) in [5, 5.41) is 10.5. The second kappa shape index (κ2) is 5.65. The molecule has 0 heterocycles. The number of hydrogen-bond donors (Lipinski definition) is 0. The van der Waals surface area contributed by atoms with Crippen molar-refractivity contribution in [1.29, 1.82) is 0 Å². The molecule has 91 valence electrons. The minimum absolute atomic E-state index is 0.0686. The molecule has 2 aromatic rings. The van der Waals surface area contributed by atoms with Crippen molar-refractivity contribution >= 4 is 17.3 Å². The van der Waals surface area contributed by atoms with Gasteiger partial charge in [-0.25, -0.2) is 0 Å². The fourth-order valence-corrected chi connectivity index (χ4v) is 1.97. The number of nitro groups is 1. The van der Waals surface area contributed by atoms with Crippen molar-refractivity contribution in [2.24, 2.45) is 0 Å². The SMILES string of the molecule is O=[N+]([O-])c1ccccc1[CH]C(Cl)c1ccccc1. The number of halogens is 1. The molecule has 0 bridgehead atoms. The summed E-state index contributed by atoms with van der Waals surface area (Å²) in [5.74, 6) is 0. The summed E-state index contributed by atoms with van der Waals surface area (Å²) in [6.07, 6.45) is 1.69. The molecule has 0 aliphatic carbocycles. The minimum Gasteiger partial charge on any atom is -0.258 e. The van der Waals surface area contributed by atoms with Crippen molar-refractivity contribution in [3.63, 3.8) is 0 Å². The summed E-state index contributed by atoms with van der Waals surface area (Å²) in [7, 11) is 0. The maximum absolute atomic E-state index is 10.9. The van der Waals surface area contributed by atoms with E-state index in [1.165, 1.54) is 6.07 Å². The highest BCUT2D eigenvalue weighted by Gasteiger charge is 2.17. The molecular weight excluding hydrogens is 250 g/mol. The Morgan fingerprint density at radius 1 is 1.06 bits per heavy atom. The molecule has 1 unspecified atom stereocenters. The highest BCUT2D eigenvalue weighted by molar-refractivity contribution is 6.22. The number of rotatable bonds is 4. The predicted octanol–water partition coefficient (Wildman–Crippen LogP) is 4.13. The van der Waals surface area contributed by atoms with Crippen LogP contribution in [0.15, 0.2) is 54.6 Å². The second-order valence-corrected chi connectivity index (χ2v) is 4.27. The standard InChI is InChI=1S/C14H11ClNO2/c15-13(11-6-2-1-3-7-11)10-12-8-4-5-9-14(12)16(17)18/h1-10,13H. The third-order valence-electron chi connectivity index (χ3n) is 2.58. The summed E-state index contributed by atoms with van der Waals surface area (Å²) in [6.45, 7) is 0. The van der Waals surface area contributed by atoms with Gasteiger partial charge in [0.1, 0.15) is 0 Å². The third-order valence-corrected chi connectivity index (χ3v) is 2.96. The van der Waals surface area contributed by atoms with E-state index in [0.29, 0.717) is 5.56 Å². The first-order valence-electron chi connectivity index (χ1n) is 5.46. The summed E-state index contributed by atoms with van der Waals surface area (Å²) in [6, 6.07) is 16.0. The number of benzene rings is 2. The Hall–Kier alpha value is -1.87. The molecule has 0 aliphatic rings. The monoisotopic (exact) mass is 260 g/mol. The van der Waals surface area contributed by atoms with E-state index in [4.69, 9.17) is 11.6 Å². The second-order valence-electron chi connectivity index (χ2n) is 3.80. The Morgan fingerprint density at radius 2 is 1.67 bits per heavy atom. The lowest BCUT2D eigenvalue weighted by Crippen LogP contribution is -1.98. The summed E-state index contributed by atoms with van der Waals surface area (Å²) in [4.78, 5) is 10.5. The Morgan fingerprint density at radius 3 is 2.33 bits per heavy atom. The van der Waals surface area contributed by atoms with Crippen molar-refractivity contribution in [1.82, 2.24) is 0 Å². The quantitative estimate of drug-likeness (QED) is 0.471. The van der Waals surface area contributed by atoms with Gasteiger partial charge in [-0.05, 0) is 5.56 Å². The molecular formula is C14H11ClNO2. The van der Waals surface area contributed by atoms with E-state index in [1.54, 1.807) is 24.6 Å². The van der Waals surface area contributed by atoms with Crippen LogP contribution >= 0.6 is 11.6 Å². The zero-order valence-corrected chi connectivity index (χ0v) is 10.2. The normalized spacial score (nSPS) is 12.1. The summed E-state index contributed by atoms with van der Waals surface area (Å²) in [5.41, 5.74) is 1.52. The van der Waals surface area contributed by atoms with Crippen LogP contribution in [0.3, 0.4) is 0 Å². The first kappa shape index (κ1) is 12.6. The van der Waals surface area contributed by atoms with Gasteiger partial charge in [0.25, 0.3) is 5.69 Å². The molecule has 2 aromatic carbocycles. The lowest BCUT2D eigenvalue weighted by molar-refractivity contribution is -0.385. The van der Waals surface area contributed by atoms with E-state index in [1.807, 2.05) is 30.3 Å². The number of alkyl halides is 1. The van der Waals surface area contributed by atoms with Crippen molar-refractivity contribution in [3.8, 4) is 0 Å². The van der Waals surface area contributed by atoms with Gasteiger partial charge in [0.2, 0.25) is 0 Å². The maximum atomic E-state index is 10.9. The van der Waals surface area contributed by atoms with Gasteiger partial charge in [-0.2, -0.15) is 0 Å². The Bertz CT molecular complexity index is 543. The zero-order chi connectivity index (χ0) is 13.0. The fraction of sp³-hybridized carbons (Fsp3) is 0.0714. The smallest absolute Gasteiger partial charge is 0.258 e. The number of hydrogen-bond acceptors (Lipinski definition) is 2. The molecule has 18 heavy (non-hydrogen) atoms. The molecule has 1 radical (unpaired) electrons. The van der Waals surface area contributed by atoms with E-state index in [-0.39, 0.29) is 11.1 Å². The van der Waals surface area contributed by atoms with E-state index < -0.39 is 4.92 Å². The van der Waals surface area contributed by atoms with Gasteiger partial charge in [-0.15, -0.1) is 11.6 Å². The topological polar surface area (TPSA) is 43.1 Å². The highest BCUT2D eigenvalue weighted by Crippen LogP contribution is 2.30. The van der Waals surface area contributed by atoms with Gasteiger partial charge in [-0.1, -0.05) is 48.5 Å². The van der Waals surface area contributed by atoms with Crippen molar-refractivity contribution < 1.29 is 4.92 Å². The average Bonchev–Trinajstić information content (AvgIpc) is 2.40. The lowest BCUT2D eigenvalue weighted by Gasteiger charge is -2.09. The molecule has 3 nitrogen and oxygen atoms in total. The van der Waals surface area contributed by atoms with E-state index >= 15 is 0 Å². The molecule has 0 saturated heterocycles. The van der Waals surface area contributed by atoms with Crippen LogP contribution in [-0.4, -0.2) is 4.92 Å². The zero-order valence-electron chi connectivity index (χ0n) is 9.49. The van der Waals surface area contributed by atoms with Gasteiger partial charge in [0, 0.05) is 18.1 Å². The number of nitro benzene ring substituents is 1. The van der Waals surface area contributed by atoms with Crippen LogP contribution in [0.2, 0.25) is 0 Å². The van der Waals surface area contributed by atoms with Crippen LogP contribution < -0.4 is 0 Å². The molecule has 0 aromatic heterocycles. The number of para-hydroxylation sites is 1. The van der Waals surface area contributed by atoms with Crippen LogP contribution in [0, 0.1) is 16.5 Å². The van der Waals surface area contributed by atoms with Crippen LogP contribution in [0.1, 0.15) is 16.5 Å². The molecule has 0 amide bonds. The molecule has 0 N–H and O–H groups in total. The largest absolute Gasteiger partial charge is 0.272 e. The maximum Gasteiger partial charge on any atom is 0.272 e. The predicted molar refractivity (Wildman–Crippen MR) is 71.5 cm³/mol. The van der Waals surface area contributed by atoms with Crippen molar-refractivity contribution in [3.05, 3.63) is 82.3 Å². The van der Waals surface area contributed by atoms with Gasteiger partial charge >= 0.3 is 0 Å². The van der Waals surface area contributed by atoms with Crippen LogP contribution in [0.25, 0.3) is 0 Å². The van der Waals surface area contributed by atoms with Gasteiger partial charge in [0.15, 0.2) is 0 Å². The van der Waals surface area contributed by atoms with Gasteiger partial charge in [0.05, 0.1) is 10.3 Å². The van der Waals surface area contributed by atoms with Crippen LogP contribution in [0.5, 0.6) is 0 Å². The molecule has 0 spiro atoms. The molecule has 0 fully saturated rings. The van der Waals surface area contributed by atoms with Gasteiger partial charge < -0.3 is 0 Å². The first-order valence-corrected chi connectivity index (χ1v) is 5.89. The van der Waals surface area contributed by atoms with Crippen LogP contribution in [0.4, 0.5) is 5.69 Å². The molecule has 0 saturated carbocycles. The number of nitrogens with zero attached hydrogens (tertiary/aromatic N) is 1. The van der Waals surface area contributed by atoms with E-state index in [9.17, 15) is 10.1 Å². The van der Waals surface area contributed by atoms with E-state index in [2.05, 4.69) is 0 Å². The molecule has 4 heteroatoms. The first-order chi connectivity index (χ1) is 8.68. The van der Waals surface area contributed by atoms with Crippen LogP contribution in [-0.2, 0) is 0 Å². The fourth-order valence-electron chi connectivity index (χ4n) is 1.69.